The normalized spacial score (nSPS) is 22.4. The van der Waals surface area contributed by atoms with Crippen molar-refractivity contribution in [2.45, 2.75) is 31.2 Å². The molecule has 17 heavy (non-hydrogen) atoms. The Balaban J connectivity index is 1.90. The lowest BCUT2D eigenvalue weighted by molar-refractivity contribution is -0.123. The van der Waals surface area contributed by atoms with E-state index in [1.165, 1.54) is 0 Å². The minimum absolute atomic E-state index is 0.0426. The molecule has 1 aliphatic rings. The fourth-order valence-corrected chi connectivity index (χ4v) is 2.82. The number of thioether (sulfide) groups is 1. The summed E-state index contributed by atoms with van der Waals surface area (Å²) in [5.74, 6) is 0.890. The van der Waals surface area contributed by atoms with Crippen LogP contribution < -0.4 is 10.6 Å². The van der Waals surface area contributed by atoms with Crippen LogP contribution in [0.25, 0.3) is 0 Å². The van der Waals surface area contributed by atoms with Gasteiger partial charge in [-0.1, -0.05) is 6.07 Å². The van der Waals surface area contributed by atoms with E-state index >= 15 is 0 Å². The van der Waals surface area contributed by atoms with Crippen LogP contribution in [-0.2, 0) is 11.3 Å². The lowest BCUT2D eigenvalue weighted by Gasteiger charge is -2.24. The summed E-state index contributed by atoms with van der Waals surface area (Å²) in [5, 5.41) is 6.16. The molecule has 4 nitrogen and oxygen atoms in total. The monoisotopic (exact) mass is 251 g/mol. The van der Waals surface area contributed by atoms with Gasteiger partial charge in [0, 0.05) is 29.6 Å². The maximum Gasteiger partial charge on any atom is 0.238 e. The van der Waals surface area contributed by atoms with Gasteiger partial charge in [-0.25, -0.2) is 0 Å². The van der Waals surface area contributed by atoms with Crippen LogP contribution in [0.15, 0.2) is 24.5 Å². The molecule has 1 atom stereocenters. The SMILES string of the molecule is CC1(C)SCN[C@@H]1C(=O)NCc1cccnc1. The number of pyridine rings is 1. The molecule has 0 aliphatic carbocycles. The van der Waals surface area contributed by atoms with Crippen LogP contribution in [0.1, 0.15) is 19.4 Å². The lowest BCUT2D eigenvalue weighted by Crippen LogP contribution is -2.49. The molecule has 92 valence electrons. The number of nitrogens with one attached hydrogen (secondary N) is 2. The van der Waals surface area contributed by atoms with Gasteiger partial charge in [0.25, 0.3) is 0 Å². The third-order valence-electron chi connectivity index (χ3n) is 2.88. The number of aromatic nitrogens is 1. The highest BCUT2D eigenvalue weighted by molar-refractivity contribution is 8.00. The highest BCUT2D eigenvalue weighted by Crippen LogP contribution is 2.32. The standard InChI is InChI=1S/C12H17N3OS/c1-12(2)10(15-8-17-12)11(16)14-7-9-4-3-5-13-6-9/h3-6,10,15H,7-8H2,1-2H3,(H,14,16)/t10-/m1/s1. The molecule has 0 aromatic carbocycles. The molecular weight excluding hydrogens is 234 g/mol. The zero-order valence-corrected chi connectivity index (χ0v) is 10.9. The molecule has 2 heterocycles. The molecule has 1 aromatic heterocycles. The van der Waals surface area contributed by atoms with E-state index in [1.54, 1.807) is 24.2 Å². The molecule has 5 heteroatoms. The Morgan fingerprint density at radius 3 is 3.12 bits per heavy atom. The number of hydrogen-bond donors (Lipinski definition) is 2. The van der Waals surface area contributed by atoms with Gasteiger partial charge in [-0.2, -0.15) is 0 Å². The molecule has 1 amide bonds. The Kier molecular flexibility index (Phi) is 3.69. The van der Waals surface area contributed by atoms with Crippen molar-refractivity contribution < 1.29 is 4.79 Å². The first-order valence-corrected chi connectivity index (χ1v) is 6.62. The molecule has 1 aliphatic heterocycles. The van der Waals surface area contributed by atoms with Gasteiger partial charge < -0.3 is 5.32 Å². The lowest BCUT2D eigenvalue weighted by atomic mass is 10.0. The zero-order valence-electron chi connectivity index (χ0n) is 10.1. The minimum Gasteiger partial charge on any atom is -0.351 e. The first-order valence-electron chi connectivity index (χ1n) is 5.63. The van der Waals surface area contributed by atoms with Gasteiger partial charge in [0.15, 0.2) is 0 Å². The van der Waals surface area contributed by atoms with Crippen LogP contribution >= 0.6 is 11.8 Å². The summed E-state index contributed by atoms with van der Waals surface area (Å²) in [4.78, 5) is 16.0. The predicted octanol–water partition coefficient (Wildman–Crippen LogP) is 1.14. The number of amides is 1. The average molecular weight is 251 g/mol. The number of hydrogen-bond acceptors (Lipinski definition) is 4. The van der Waals surface area contributed by atoms with E-state index in [2.05, 4.69) is 29.5 Å². The maximum absolute atomic E-state index is 12.0. The minimum atomic E-state index is -0.121. The van der Waals surface area contributed by atoms with Gasteiger partial charge in [0.1, 0.15) is 6.04 Å². The van der Waals surface area contributed by atoms with Gasteiger partial charge in [0.2, 0.25) is 5.91 Å². The van der Waals surface area contributed by atoms with E-state index in [0.29, 0.717) is 6.54 Å². The Hall–Kier alpha value is -1.07. The first-order chi connectivity index (χ1) is 8.09. The molecule has 0 radical (unpaired) electrons. The third kappa shape index (κ3) is 2.98. The summed E-state index contributed by atoms with van der Waals surface area (Å²) < 4.78 is -0.0426. The van der Waals surface area contributed by atoms with Crippen LogP contribution in [0.4, 0.5) is 0 Å². The molecule has 2 N–H and O–H groups in total. The highest BCUT2D eigenvalue weighted by Gasteiger charge is 2.39. The molecule has 1 aromatic rings. The molecule has 0 bridgehead atoms. The second-order valence-electron chi connectivity index (χ2n) is 4.61. The summed E-state index contributed by atoms with van der Waals surface area (Å²) in [6.45, 7) is 4.71. The smallest absolute Gasteiger partial charge is 0.238 e. The molecule has 1 fully saturated rings. The van der Waals surface area contributed by atoms with E-state index in [0.717, 1.165) is 11.4 Å². The Morgan fingerprint density at radius 1 is 1.71 bits per heavy atom. The Labute approximate surface area is 106 Å². The van der Waals surface area contributed by atoms with Crippen LogP contribution in [0.3, 0.4) is 0 Å². The summed E-state index contributed by atoms with van der Waals surface area (Å²) in [6.07, 6.45) is 3.49. The Bertz CT molecular complexity index is 394. The summed E-state index contributed by atoms with van der Waals surface area (Å²) in [6, 6.07) is 3.70. The van der Waals surface area contributed by atoms with Crippen LogP contribution in [-0.4, -0.2) is 27.6 Å². The maximum atomic E-state index is 12.0. The molecular formula is C12H17N3OS. The van der Waals surface area contributed by atoms with Crippen molar-refractivity contribution in [1.29, 1.82) is 0 Å². The molecule has 0 spiro atoms. The summed E-state index contributed by atoms with van der Waals surface area (Å²) in [7, 11) is 0. The number of rotatable bonds is 3. The van der Waals surface area contributed by atoms with Crippen molar-refractivity contribution in [1.82, 2.24) is 15.6 Å². The third-order valence-corrected chi connectivity index (χ3v) is 4.17. The average Bonchev–Trinajstić information content (AvgIpc) is 2.67. The van der Waals surface area contributed by atoms with Crippen molar-refractivity contribution >= 4 is 17.7 Å². The van der Waals surface area contributed by atoms with Crippen LogP contribution in [0, 0.1) is 0 Å². The van der Waals surface area contributed by atoms with E-state index < -0.39 is 0 Å². The van der Waals surface area contributed by atoms with Crippen molar-refractivity contribution in [3.63, 3.8) is 0 Å². The quantitative estimate of drug-likeness (QED) is 0.846. The Morgan fingerprint density at radius 2 is 2.53 bits per heavy atom. The number of carbonyl (C=O) groups excluding carboxylic acids is 1. The number of carbonyl (C=O) groups is 1. The summed E-state index contributed by atoms with van der Waals surface area (Å²) in [5.41, 5.74) is 1.02. The fourth-order valence-electron chi connectivity index (χ4n) is 1.84. The zero-order chi connectivity index (χ0) is 12.3. The van der Waals surface area contributed by atoms with E-state index in [1.807, 2.05) is 12.1 Å². The van der Waals surface area contributed by atoms with Gasteiger partial charge in [-0.05, 0) is 25.5 Å². The van der Waals surface area contributed by atoms with Gasteiger partial charge in [-0.3, -0.25) is 15.1 Å². The molecule has 1 saturated heterocycles. The first kappa shape index (κ1) is 12.4. The predicted molar refractivity (Wildman–Crippen MR) is 69.5 cm³/mol. The van der Waals surface area contributed by atoms with Crippen molar-refractivity contribution in [3.05, 3.63) is 30.1 Å². The topological polar surface area (TPSA) is 54.0 Å². The second kappa shape index (κ2) is 5.06. The van der Waals surface area contributed by atoms with Crippen LogP contribution in [0.2, 0.25) is 0 Å². The second-order valence-corrected chi connectivity index (χ2v) is 6.24. The van der Waals surface area contributed by atoms with Crippen molar-refractivity contribution in [2.24, 2.45) is 0 Å². The van der Waals surface area contributed by atoms with E-state index in [4.69, 9.17) is 0 Å². The largest absolute Gasteiger partial charge is 0.351 e. The molecule has 0 saturated carbocycles. The van der Waals surface area contributed by atoms with Crippen molar-refractivity contribution in [3.8, 4) is 0 Å². The molecule has 2 rings (SSSR count). The number of nitrogens with zero attached hydrogens (tertiary/aromatic N) is 1. The summed E-state index contributed by atoms with van der Waals surface area (Å²) >= 11 is 1.77. The molecule has 0 unspecified atom stereocenters. The van der Waals surface area contributed by atoms with Gasteiger partial charge in [0.05, 0.1) is 0 Å². The van der Waals surface area contributed by atoms with Gasteiger partial charge >= 0.3 is 0 Å². The van der Waals surface area contributed by atoms with E-state index in [-0.39, 0.29) is 16.7 Å². The fraction of sp³-hybridized carbons (Fsp3) is 0.500. The van der Waals surface area contributed by atoms with Gasteiger partial charge in [-0.15, -0.1) is 11.8 Å². The van der Waals surface area contributed by atoms with Crippen molar-refractivity contribution in [2.75, 3.05) is 5.88 Å². The van der Waals surface area contributed by atoms with Crippen LogP contribution in [0.5, 0.6) is 0 Å². The van der Waals surface area contributed by atoms with E-state index in [9.17, 15) is 4.79 Å². The highest BCUT2D eigenvalue weighted by atomic mass is 32.2.